The number of nitrogens with zero attached hydrogens (tertiary/aromatic N) is 6. The third-order valence-corrected chi connectivity index (χ3v) is 5.54. The number of hydrogen-bond acceptors (Lipinski definition) is 5. The summed E-state index contributed by atoms with van der Waals surface area (Å²) < 4.78 is 8.13. The second kappa shape index (κ2) is 6.83. The number of rotatable bonds is 3. The second-order valence-corrected chi connectivity index (χ2v) is 7.86. The van der Waals surface area contributed by atoms with Crippen LogP contribution in [0.1, 0.15) is 37.3 Å². The number of aromatic nitrogens is 6. The highest BCUT2D eigenvalue weighted by atomic mass is 35.5. The highest BCUT2D eigenvalue weighted by Gasteiger charge is 2.26. The van der Waals surface area contributed by atoms with Crippen LogP contribution >= 0.6 is 11.6 Å². The minimum atomic E-state index is 0.214. The number of aryl methyl sites for hydroxylation is 1. The van der Waals surface area contributed by atoms with Gasteiger partial charge >= 0.3 is 0 Å². The maximum Gasteiger partial charge on any atom is 0.133 e. The molecule has 0 radical (unpaired) electrons. The van der Waals surface area contributed by atoms with Crippen LogP contribution in [0.5, 0.6) is 0 Å². The van der Waals surface area contributed by atoms with Gasteiger partial charge in [-0.15, -0.1) is 0 Å². The van der Waals surface area contributed by atoms with Crippen molar-refractivity contribution in [3.05, 3.63) is 47.1 Å². The predicted molar refractivity (Wildman–Crippen MR) is 108 cm³/mol. The molecule has 0 spiro atoms. The van der Waals surface area contributed by atoms with E-state index in [1.165, 1.54) is 0 Å². The summed E-state index contributed by atoms with van der Waals surface area (Å²) >= 11 is 6.32. The second-order valence-electron chi connectivity index (χ2n) is 7.43. The van der Waals surface area contributed by atoms with E-state index < -0.39 is 0 Å². The minimum Gasteiger partial charge on any atom is -0.378 e. The molecular formula is C20H21ClN6O. The molecule has 0 unspecified atom stereocenters. The average Bonchev–Trinajstić information content (AvgIpc) is 3.25. The Balaban J connectivity index is 1.74. The van der Waals surface area contributed by atoms with Gasteiger partial charge in [-0.3, -0.25) is 4.98 Å². The molecule has 1 aromatic carbocycles. The third-order valence-electron chi connectivity index (χ3n) is 5.31. The largest absolute Gasteiger partial charge is 0.378 e. The zero-order chi connectivity index (χ0) is 19.3. The predicted octanol–water partition coefficient (Wildman–Crippen LogP) is 3.93. The molecule has 2 atom stereocenters. The molecule has 0 saturated carbocycles. The fourth-order valence-corrected chi connectivity index (χ4v) is 4.27. The summed E-state index contributed by atoms with van der Waals surface area (Å²) in [6, 6.07) is 6.11. The van der Waals surface area contributed by atoms with Gasteiger partial charge in [-0.1, -0.05) is 11.6 Å². The van der Waals surface area contributed by atoms with E-state index in [-0.39, 0.29) is 6.10 Å². The van der Waals surface area contributed by atoms with E-state index in [0.717, 1.165) is 52.9 Å². The lowest BCUT2D eigenvalue weighted by molar-refractivity contribution is 0.00617. The first-order chi connectivity index (χ1) is 13.6. The number of benzene rings is 1. The van der Waals surface area contributed by atoms with E-state index in [9.17, 15) is 0 Å². The fourth-order valence-electron chi connectivity index (χ4n) is 4.10. The van der Waals surface area contributed by atoms with Crippen molar-refractivity contribution in [2.75, 3.05) is 6.61 Å². The molecule has 1 aliphatic heterocycles. The number of ether oxygens (including phenoxy) is 1. The van der Waals surface area contributed by atoms with Crippen LogP contribution in [0.15, 0.2) is 30.6 Å². The van der Waals surface area contributed by atoms with Gasteiger partial charge < -0.3 is 9.30 Å². The maximum atomic E-state index is 6.32. The smallest absolute Gasteiger partial charge is 0.133 e. The third kappa shape index (κ3) is 3.04. The van der Waals surface area contributed by atoms with Crippen LogP contribution in [0.3, 0.4) is 0 Å². The molecule has 144 valence electrons. The Morgan fingerprint density at radius 2 is 2.14 bits per heavy atom. The quantitative estimate of drug-likeness (QED) is 0.524. The number of imidazole rings is 1. The lowest BCUT2D eigenvalue weighted by Crippen LogP contribution is -2.27. The van der Waals surface area contributed by atoms with Gasteiger partial charge in [-0.25, -0.2) is 4.98 Å². The summed E-state index contributed by atoms with van der Waals surface area (Å²) in [5, 5.41) is 10.5. The summed E-state index contributed by atoms with van der Waals surface area (Å²) in [4.78, 5) is 11.2. The topological polar surface area (TPSA) is 70.7 Å². The van der Waals surface area contributed by atoms with Crippen LogP contribution in [0.2, 0.25) is 5.02 Å². The number of fused-ring (bicyclic) bond motifs is 3. The van der Waals surface area contributed by atoms with Gasteiger partial charge in [-0.2, -0.15) is 15.0 Å². The molecule has 0 N–H and O–H groups in total. The molecule has 0 amide bonds. The van der Waals surface area contributed by atoms with E-state index in [1.54, 1.807) is 11.0 Å². The molecule has 7 nitrogen and oxygen atoms in total. The van der Waals surface area contributed by atoms with Crippen molar-refractivity contribution in [2.24, 2.45) is 0 Å². The van der Waals surface area contributed by atoms with Gasteiger partial charge in [0.2, 0.25) is 0 Å². The van der Waals surface area contributed by atoms with Crippen molar-refractivity contribution in [1.82, 2.24) is 29.5 Å². The van der Waals surface area contributed by atoms with Crippen molar-refractivity contribution in [1.29, 1.82) is 0 Å². The Morgan fingerprint density at radius 1 is 1.25 bits per heavy atom. The molecule has 8 heteroatoms. The van der Waals surface area contributed by atoms with Gasteiger partial charge in [0.1, 0.15) is 17.9 Å². The summed E-state index contributed by atoms with van der Waals surface area (Å²) in [7, 11) is 0. The van der Waals surface area contributed by atoms with Crippen molar-refractivity contribution >= 4 is 33.5 Å². The minimum absolute atomic E-state index is 0.214. The first-order valence-corrected chi connectivity index (χ1v) is 9.89. The molecule has 4 heterocycles. The summed E-state index contributed by atoms with van der Waals surface area (Å²) in [5.41, 5.74) is 3.75. The van der Waals surface area contributed by atoms with Gasteiger partial charge in [0.05, 0.1) is 35.2 Å². The zero-order valence-corrected chi connectivity index (χ0v) is 16.6. The van der Waals surface area contributed by atoms with E-state index in [2.05, 4.69) is 26.7 Å². The van der Waals surface area contributed by atoms with E-state index in [0.29, 0.717) is 17.6 Å². The van der Waals surface area contributed by atoms with Gasteiger partial charge in [-0.05, 0) is 44.9 Å². The van der Waals surface area contributed by atoms with Crippen molar-refractivity contribution in [3.63, 3.8) is 0 Å². The highest BCUT2D eigenvalue weighted by Crippen LogP contribution is 2.34. The van der Waals surface area contributed by atoms with Gasteiger partial charge in [0, 0.05) is 23.1 Å². The Bertz CT molecular complexity index is 1170. The lowest BCUT2D eigenvalue weighted by Gasteiger charge is -2.30. The van der Waals surface area contributed by atoms with E-state index in [4.69, 9.17) is 21.3 Å². The molecule has 1 fully saturated rings. The normalized spacial score (nSPS) is 20.2. The summed E-state index contributed by atoms with van der Waals surface area (Å²) in [5.74, 6) is 0.930. The molecule has 1 saturated heterocycles. The molecule has 3 aromatic heterocycles. The Labute approximate surface area is 167 Å². The zero-order valence-electron chi connectivity index (χ0n) is 15.8. The van der Waals surface area contributed by atoms with Crippen LogP contribution in [-0.2, 0) is 11.3 Å². The number of hydrogen-bond donors (Lipinski definition) is 0. The van der Waals surface area contributed by atoms with Crippen molar-refractivity contribution in [3.8, 4) is 0 Å². The summed E-state index contributed by atoms with van der Waals surface area (Å²) in [6.45, 7) is 5.32. The molecule has 5 rings (SSSR count). The van der Waals surface area contributed by atoms with E-state index >= 15 is 0 Å². The molecule has 28 heavy (non-hydrogen) atoms. The van der Waals surface area contributed by atoms with E-state index in [1.807, 2.05) is 31.3 Å². The molecular weight excluding hydrogens is 376 g/mol. The maximum absolute atomic E-state index is 6.32. The SMILES string of the molecule is Cc1cnn(Cc2nc3cnc4ccc(Cl)cc4c3n2[C@@H]2CCO[C@H](C)C2)n1. The molecule has 0 aliphatic carbocycles. The standard InChI is InChI=1S/C20H21ClN6O/c1-12-9-23-26(25-12)11-19-24-18-10-22-17-4-3-14(21)8-16(17)20(18)27(19)15-5-6-28-13(2)7-15/h3-4,8-10,13,15H,5-7,11H2,1-2H3/t13-,15-/m1/s1. The Kier molecular flexibility index (Phi) is 4.29. The van der Waals surface area contributed by atoms with Gasteiger partial charge in [0.25, 0.3) is 0 Å². The van der Waals surface area contributed by atoms with Crippen molar-refractivity contribution in [2.45, 2.75) is 45.4 Å². The van der Waals surface area contributed by atoms with Gasteiger partial charge in [0.15, 0.2) is 0 Å². The lowest BCUT2D eigenvalue weighted by atomic mass is 10.0. The summed E-state index contributed by atoms with van der Waals surface area (Å²) in [6.07, 6.45) is 5.70. The number of pyridine rings is 1. The van der Waals surface area contributed by atoms with Crippen LogP contribution in [0.25, 0.3) is 21.9 Å². The monoisotopic (exact) mass is 396 g/mol. The fraction of sp³-hybridized carbons (Fsp3) is 0.400. The first kappa shape index (κ1) is 17.6. The molecule has 1 aliphatic rings. The average molecular weight is 397 g/mol. The van der Waals surface area contributed by atoms with Crippen LogP contribution in [0, 0.1) is 6.92 Å². The van der Waals surface area contributed by atoms with Crippen LogP contribution in [-0.4, -0.2) is 42.2 Å². The molecule has 0 bridgehead atoms. The van der Waals surface area contributed by atoms with Crippen LogP contribution in [0.4, 0.5) is 0 Å². The Hall–Kier alpha value is -2.51. The van der Waals surface area contributed by atoms with Crippen LogP contribution < -0.4 is 0 Å². The van der Waals surface area contributed by atoms with Crippen molar-refractivity contribution < 1.29 is 4.74 Å². The molecule has 4 aromatic rings. The number of halogens is 1. The first-order valence-electron chi connectivity index (χ1n) is 9.52. The highest BCUT2D eigenvalue weighted by molar-refractivity contribution is 6.31. The Morgan fingerprint density at radius 3 is 2.93 bits per heavy atom.